The molecule has 0 bridgehead atoms. The molecule has 132 valence electrons. The van der Waals surface area contributed by atoms with Gasteiger partial charge in [-0.3, -0.25) is 4.79 Å². The van der Waals surface area contributed by atoms with Crippen LogP contribution in [0, 0.1) is 17.6 Å². The summed E-state index contributed by atoms with van der Waals surface area (Å²) in [7, 11) is 0. The first kappa shape index (κ1) is 17.3. The summed E-state index contributed by atoms with van der Waals surface area (Å²) in [6, 6.07) is 6.15. The van der Waals surface area contributed by atoms with Gasteiger partial charge < -0.3 is 10.1 Å². The third-order valence-electron chi connectivity index (χ3n) is 4.37. The van der Waals surface area contributed by atoms with E-state index in [1.54, 1.807) is 12.1 Å². The zero-order chi connectivity index (χ0) is 17.6. The molecule has 0 atom stereocenters. The molecule has 1 fully saturated rings. The van der Waals surface area contributed by atoms with Crippen molar-refractivity contribution in [2.75, 3.05) is 11.9 Å². The SMILES string of the molecule is O=C(Nc1ncccc1OCC1CCCCC1)c1cc(F)ccc1F. The Balaban J connectivity index is 1.69. The molecule has 1 aliphatic carbocycles. The second-order valence-electron chi connectivity index (χ2n) is 6.24. The van der Waals surface area contributed by atoms with Crippen molar-refractivity contribution in [3.63, 3.8) is 0 Å². The standard InChI is InChI=1S/C19H20F2N2O2/c20-14-8-9-16(21)15(11-14)19(24)23-18-17(7-4-10-22-18)25-12-13-5-2-1-3-6-13/h4,7-11,13H,1-3,5-6,12H2,(H,22,23,24). The topological polar surface area (TPSA) is 51.2 Å². The number of aromatic nitrogens is 1. The number of carbonyl (C=O) groups excluding carboxylic acids is 1. The fourth-order valence-electron chi connectivity index (χ4n) is 3.01. The van der Waals surface area contributed by atoms with Crippen LogP contribution in [0.2, 0.25) is 0 Å². The average molecular weight is 346 g/mol. The van der Waals surface area contributed by atoms with E-state index in [2.05, 4.69) is 10.3 Å². The molecule has 3 rings (SSSR count). The van der Waals surface area contributed by atoms with Gasteiger partial charge in [0, 0.05) is 6.20 Å². The maximum atomic E-state index is 13.7. The maximum absolute atomic E-state index is 13.7. The molecule has 0 radical (unpaired) electrons. The van der Waals surface area contributed by atoms with Gasteiger partial charge in [0.1, 0.15) is 11.6 Å². The van der Waals surface area contributed by atoms with E-state index in [1.807, 2.05) is 0 Å². The first-order valence-corrected chi connectivity index (χ1v) is 8.47. The molecular weight excluding hydrogens is 326 g/mol. The second-order valence-corrected chi connectivity index (χ2v) is 6.24. The predicted octanol–water partition coefficient (Wildman–Crippen LogP) is 4.57. The van der Waals surface area contributed by atoms with Crippen LogP contribution in [0.3, 0.4) is 0 Å². The van der Waals surface area contributed by atoms with Crippen LogP contribution in [0.5, 0.6) is 5.75 Å². The van der Waals surface area contributed by atoms with Gasteiger partial charge in [-0.25, -0.2) is 13.8 Å². The lowest BCUT2D eigenvalue weighted by molar-refractivity contribution is 0.102. The Hall–Kier alpha value is -2.50. The summed E-state index contributed by atoms with van der Waals surface area (Å²) in [4.78, 5) is 16.3. The highest BCUT2D eigenvalue weighted by molar-refractivity contribution is 6.04. The van der Waals surface area contributed by atoms with Gasteiger partial charge in [0.15, 0.2) is 11.6 Å². The molecule has 1 saturated carbocycles. The minimum atomic E-state index is -0.792. The number of anilines is 1. The van der Waals surface area contributed by atoms with E-state index in [1.165, 1.54) is 25.5 Å². The quantitative estimate of drug-likeness (QED) is 0.863. The van der Waals surface area contributed by atoms with Crippen LogP contribution < -0.4 is 10.1 Å². The Morgan fingerprint density at radius 1 is 1.20 bits per heavy atom. The van der Waals surface area contributed by atoms with E-state index >= 15 is 0 Å². The minimum Gasteiger partial charge on any atom is -0.489 e. The molecule has 0 unspecified atom stereocenters. The highest BCUT2D eigenvalue weighted by Gasteiger charge is 2.18. The first-order valence-electron chi connectivity index (χ1n) is 8.47. The lowest BCUT2D eigenvalue weighted by Gasteiger charge is -2.22. The van der Waals surface area contributed by atoms with Crippen LogP contribution in [-0.2, 0) is 0 Å². The Bertz CT molecular complexity index is 746. The van der Waals surface area contributed by atoms with Crippen LogP contribution in [0.1, 0.15) is 42.5 Å². The van der Waals surface area contributed by atoms with Crippen LogP contribution in [-0.4, -0.2) is 17.5 Å². The summed E-state index contributed by atoms with van der Waals surface area (Å²) < 4.78 is 32.8. The number of hydrogen-bond acceptors (Lipinski definition) is 3. The Kier molecular flexibility index (Phi) is 5.58. The van der Waals surface area contributed by atoms with Crippen LogP contribution in [0.15, 0.2) is 36.5 Å². The number of nitrogens with one attached hydrogen (secondary N) is 1. The lowest BCUT2D eigenvalue weighted by Crippen LogP contribution is -2.18. The third-order valence-corrected chi connectivity index (χ3v) is 4.37. The summed E-state index contributed by atoms with van der Waals surface area (Å²) in [5, 5.41) is 2.50. The van der Waals surface area contributed by atoms with Gasteiger partial charge in [-0.15, -0.1) is 0 Å². The van der Waals surface area contributed by atoms with E-state index in [4.69, 9.17) is 4.74 Å². The average Bonchev–Trinajstić information content (AvgIpc) is 2.64. The first-order chi connectivity index (χ1) is 12.1. The Morgan fingerprint density at radius 2 is 2.00 bits per heavy atom. The zero-order valence-electron chi connectivity index (χ0n) is 13.8. The van der Waals surface area contributed by atoms with Gasteiger partial charge in [-0.2, -0.15) is 0 Å². The molecule has 1 N–H and O–H groups in total. The molecule has 25 heavy (non-hydrogen) atoms. The third kappa shape index (κ3) is 4.53. The van der Waals surface area contributed by atoms with E-state index in [-0.39, 0.29) is 11.4 Å². The molecule has 2 aromatic rings. The van der Waals surface area contributed by atoms with Gasteiger partial charge in [-0.1, -0.05) is 19.3 Å². The molecule has 4 nitrogen and oxygen atoms in total. The van der Waals surface area contributed by atoms with E-state index in [0.29, 0.717) is 18.3 Å². The number of ether oxygens (including phenoxy) is 1. The Labute approximate surface area is 145 Å². The maximum Gasteiger partial charge on any atom is 0.259 e. The molecule has 6 heteroatoms. The zero-order valence-corrected chi connectivity index (χ0v) is 13.8. The molecule has 0 saturated heterocycles. The molecule has 1 amide bonds. The van der Waals surface area contributed by atoms with Crippen molar-refractivity contribution in [3.8, 4) is 5.75 Å². The van der Waals surface area contributed by atoms with Crippen molar-refractivity contribution in [3.05, 3.63) is 53.7 Å². The van der Waals surface area contributed by atoms with Crippen LogP contribution >= 0.6 is 0 Å². The minimum absolute atomic E-state index is 0.201. The van der Waals surface area contributed by atoms with Crippen LogP contribution in [0.25, 0.3) is 0 Å². The fraction of sp³-hybridized carbons (Fsp3) is 0.368. The number of halogens is 2. The molecular formula is C19H20F2N2O2. The molecule has 1 aliphatic rings. The summed E-state index contributed by atoms with van der Waals surface area (Å²) in [5.41, 5.74) is -0.371. The Morgan fingerprint density at radius 3 is 2.80 bits per heavy atom. The fourth-order valence-corrected chi connectivity index (χ4v) is 3.01. The largest absolute Gasteiger partial charge is 0.489 e. The molecule has 1 aromatic carbocycles. The molecule has 0 aliphatic heterocycles. The number of pyridine rings is 1. The second kappa shape index (κ2) is 8.05. The predicted molar refractivity (Wildman–Crippen MR) is 90.6 cm³/mol. The van der Waals surface area contributed by atoms with E-state index in [9.17, 15) is 13.6 Å². The van der Waals surface area contributed by atoms with Crippen molar-refractivity contribution < 1.29 is 18.3 Å². The van der Waals surface area contributed by atoms with Crippen molar-refractivity contribution >= 4 is 11.7 Å². The summed E-state index contributed by atoms with van der Waals surface area (Å²) >= 11 is 0. The van der Waals surface area contributed by atoms with Crippen molar-refractivity contribution in [2.45, 2.75) is 32.1 Å². The van der Waals surface area contributed by atoms with Crippen molar-refractivity contribution in [1.29, 1.82) is 0 Å². The molecule has 1 aromatic heterocycles. The molecule has 0 spiro atoms. The number of rotatable bonds is 5. The highest BCUT2D eigenvalue weighted by atomic mass is 19.1. The van der Waals surface area contributed by atoms with Gasteiger partial charge in [0.25, 0.3) is 5.91 Å². The van der Waals surface area contributed by atoms with Crippen molar-refractivity contribution in [1.82, 2.24) is 4.98 Å². The number of amides is 1. The number of carbonyl (C=O) groups is 1. The summed E-state index contributed by atoms with van der Waals surface area (Å²) in [5.74, 6) is -1.11. The summed E-state index contributed by atoms with van der Waals surface area (Å²) in [6.45, 7) is 0.558. The smallest absolute Gasteiger partial charge is 0.259 e. The normalized spacial score (nSPS) is 15.0. The monoisotopic (exact) mass is 346 g/mol. The lowest BCUT2D eigenvalue weighted by atomic mass is 9.90. The van der Waals surface area contributed by atoms with Gasteiger partial charge in [0.05, 0.1) is 12.2 Å². The van der Waals surface area contributed by atoms with E-state index in [0.717, 1.165) is 31.0 Å². The molecule has 1 heterocycles. The van der Waals surface area contributed by atoms with Gasteiger partial charge in [0.2, 0.25) is 0 Å². The van der Waals surface area contributed by atoms with Gasteiger partial charge >= 0.3 is 0 Å². The summed E-state index contributed by atoms with van der Waals surface area (Å²) in [6.07, 6.45) is 7.47. The number of nitrogens with zero attached hydrogens (tertiary/aromatic N) is 1. The van der Waals surface area contributed by atoms with Gasteiger partial charge in [-0.05, 0) is 49.1 Å². The highest BCUT2D eigenvalue weighted by Crippen LogP contribution is 2.27. The number of hydrogen-bond donors (Lipinski definition) is 1. The van der Waals surface area contributed by atoms with E-state index < -0.39 is 17.5 Å². The number of benzene rings is 1. The van der Waals surface area contributed by atoms with Crippen molar-refractivity contribution in [2.24, 2.45) is 5.92 Å². The van der Waals surface area contributed by atoms with Crippen LogP contribution in [0.4, 0.5) is 14.6 Å².